The van der Waals surface area contributed by atoms with Gasteiger partial charge in [-0.15, -0.1) is 0 Å². The maximum absolute atomic E-state index is 12.4. The highest BCUT2D eigenvalue weighted by Crippen LogP contribution is 2.33. The summed E-state index contributed by atoms with van der Waals surface area (Å²) >= 11 is 0. The summed E-state index contributed by atoms with van der Waals surface area (Å²) in [6.45, 7) is 12.0. The van der Waals surface area contributed by atoms with Gasteiger partial charge in [-0.3, -0.25) is 28.3 Å². The molecule has 0 radical (unpaired) electrons. The summed E-state index contributed by atoms with van der Waals surface area (Å²) in [7, 11) is -10.00. The number of aliphatic hydroxyl groups excluding tert-OH is 8. The quantitative estimate of drug-likeness (QED) is 0.0204. The highest BCUT2D eigenvalue weighted by molar-refractivity contribution is 7.84. The van der Waals surface area contributed by atoms with Gasteiger partial charge in [-0.2, -0.15) is 26.3 Å². The van der Waals surface area contributed by atoms with Gasteiger partial charge >= 0.3 is 32.5 Å². The van der Waals surface area contributed by atoms with Crippen molar-refractivity contribution in [1.29, 1.82) is 0 Å². The first-order valence-corrected chi connectivity index (χ1v) is 40.2. The fraction of sp³-hybridized carbons (Fsp3) is 0.910. The molecule has 0 aromatic carbocycles. The van der Waals surface area contributed by atoms with Gasteiger partial charge in [0.05, 0.1) is 111 Å². The summed E-state index contributed by atoms with van der Waals surface area (Å²) in [6, 6.07) is -3.71. The van der Waals surface area contributed by atoms with Crippen molar-refractivity contribution in [3.63, 3.8) is 0 Å². The van der Waals surface area contributed by atoms with E-state index in [1.165, 1.54) is 13.8 Å². The zero-order valence-electron chi connectivity index (χ0n) is 63.3. The van der Waals surface area contributed by atoms with Crippen molar-refractivity contribution in [3.05, 3.63) is 0 Å². The van der Waals surface area contributed by atoms with Crippen LogP contribution in [0.2, 0.25) is 0 Å². The second-order valence-corrected chi connectivity index (χ2v) is 30.2. The van der Waals surface area contributed by atoms with Crippen molar-refractivity contribution in [2.45, 2.75) is 253 Å². The molecule has 4 saturated heterocycles. The molecule has 0 spiro atoms. The number of ketones is 2. The lowest BCUT2D eigenvalue weighted by molar-refractivity contribution is -0.338. The smallest absolute Gasteiger partial charge is 0.335 e. The molecule has 4 aliphatic rings. The largest absolute Gasteiger partial charge is 0.479 e. The van der Waals surface area contributed by atoms with Crippen molar-refractivity contribution in [2.75, 3.05) is 132 Å². The van der Waals surface area contributed by atoms with Crippen LogP contribution < -0.4 is 20.1 Å². The first-order valence-electron chi connectivity index (χ1n) is 37.4. The Kier molecular flexibility index (Phi) is 47.8. The number of aliphatic carboxylic acids is 2. The maximum atomic E-state index is 12.4. The van der Waals surface area contributed by atoms with E-state index in [-0.39, 0.29) is 107 Å². The van der Waals surface area contributed by atoms with Crippen LogP contribution in [0.1, 0.15) is 130 Å². The Morgan fingerprint density at radius 2 is 0.712 bits per heavy atom. The van der Waals surface area contributed by atoms with Crippen LogP contribution in [-0.4, -0.2) is 367 Å². The standard InChI is InChI=1S/C67H120N4O38S2/c1-41-49(76)51(78)47(70-110(88,89)90)63(104-41)106-57-53(80)55(82)65(108-59(57)61(84)85)102-24-12-8-5-6-10-15-43(72)17-26-95-32-36-99-38-34-97-30-22-69-46(75)20-29-101-40-67(3,4)39-100-27-18-44(73)16-14-23-94-31-35-98-37-33-96-28-19-45(74)68-21-11-7-9-13-25-103-66-56(83)54(81)58(60(109-66)62(86)87)107-64-48(71-111(91,92)93)52(79)50(77)42(2)105-64/h41-42,47-60,63-66,70-71,76-83H,5-40H2,1-4H3,(H,68,74)(H,69,75)(H,84,85)(H,86,87)(H,88,89,90)(H,91,92,93). The van der Waals surface area contributed by atoms with Crippen molar-refractivity contribution in [2.24, 2.45) is 5.41 Å². The Bertz CT molecular complexity index is 2710. The third kappa shape index (κ3) is 39.7. The van der Waals surface area contributed by atoms with E-state index >= 15 is 0 Å². The van der Waals surface area contributed by atoms with Crippen LogP contribution in [0.4, 0.5) is 0 Å². The molecule has 4 fully saturated rings. The van der Waals surface area contributed by atoms with E-state index in [9.17, 15) is 106 Å². The third-order valence-electron chi connectivity index (χ3n) is 17.8. The van der Waals surface area contributed by atoms with Gasteiger partial charge in [0, 0.05) is 76.9 Å². The van der Waals surface area contributed by atoms with Crippen LogP contribution in [0.3, 0.4) is 0 Å². The minimum atomic E-state index is -5.00. The van der Waals surface area contributed by atoms with Gasteiger partial charge in [0.15, 0.2) is 37.4 Å². The average Bonchev–Trinajstić information content (AvgIpc) is 0.783. The molecular formula is C67H120N4O38S2. The van der Waals surface area contributed by atoms with Crippen molar-refractivity contribution in [3.8, 4) is 0 Å². The van der Waals surface area contributed by atoms with E-state index in [2.05, 4.69) is 10.6 Å². The average molecular weight is 1650 g/mol. The van der Waals surface area contributed by atoms with Gasteiger partial charge in [-0.05, 0) is 46.0 Å². The number of carboxylic acid groups (broad SMARTS) is 2. The Labute approximate surface area is 645 Å². The highest BCUT2D eigenvalue weighted by Gasteiger charge is 2.55. The number of aliphatic hydroxyl groups is 8. The number of hydrogen-bond acceptors (Lipinski definition) is 34. The Balaban J connectivity index is 0.848. The zero-order valence-corrected chi connectivity index (χ0v) is 64.9. The predicted molar refractivity (Wildman–Crippen MR) is 378 cm³/mol. The minimum Gasteiger partial charge on any atom is -0.479 e. The first-order chi connectivity index (χ1) is 52.6. The van der Waals surface area contributed by atoms with E-state index < -0.39 is 155 Å². The molecule has 111 heavy (non-hydrogen) atoms. The molecule has 2 amide bonds. The number of unbranched alkanes of at least 4 members (excludes halogenated alkanes) is 7. The number of nitrogens with one attached hydrogen (secondary N) is 4. The Morgan fingerprint density at radius 1 is 0.360 bits per heavy atom. The normalized spacial score (nSPS) is 28.7. The lowest BCUT2D eigenvalue weighted by Crippen LogP contribution is -2.67. The van der Waals surface area contributed by atoms with Gasteiger partial charge in [0.2, 0.25) is 11.8 Å². The monoisotopic (exact) mass is 1650 g/mol. The molecular weight excluding hydrogens is 1530 g/mol. The zero-order chi connectivity index (χ0) is 82.1. The molecule has 44 heteroatoms. The SMILES string of the molecule is CC1OC(OC2C(C(=O)O)OC(OCCCCCCCC(=O)CCOCCOCCOCCNC(=O)CCOCC(C)(C)COCCC(=O)CCCOCCOCCOCCC(=O)NCCCCCCOC3OC(C(=O)O)C(OC4OC(C)C(O)C(O)C4NS(=O)(=O)O)C(O)C3O)C(O)C2O)C(NS(=O)(=O)O)C(O)C1O. The fourth-order valence-electron chi connectivity index (χ4n) is 11.6. The third-order valence-corrected chi connectivity index (χ3v) is 18.9. The summed E-state index contributed by atoms with van der Waals surface area (Å²) in [5.41, 5.74) is -0.353. The summed E-state index contributed by atoms with van der Waals surface area (Å²) in [5, 5.41) is 110. The number of ether oxygens (including phenoxy) is 16. The molecule has 4 heterocycles. The molecule has 0 bridgehead atoms. The Hall–Kier alpha value is -4.00. The molecule has 16 N–H and O–H groups in total. The van der Waals surface area contributed by atoms with Crippen LogP contribution in [0.25, 0.3) is 0 Å². The molecule has 4 rings (SSSR count). The number of amides is 2. The van der Waals surface area contributed by atoms with Crippen LogP contribution in [-0.2, 0) is 125 Å². The second kappa shape index (κ2) is 53.4. The number of carbonyl (C=O) groups is 6. The number of carboxylic acids is 2. The topological polar surface area (TPSA) is 609 Å². The van der Waals surface area contributed by atoms with E-state index in [0.717, 1.165) is 12.8 Å². The molecule has 0 saturated carbocycles. The maximum Gasteiger partial charge on any atom is 0.335 e. The summed E-state index contributed by atoms with van der Waals surface area (Å²) in [4.78, 5) is 73.5. The molecule has 0 aliphatic carbocycles. The molecule has 0 aromatic heterocycles. The summed E-state index contributed by atoms with van der Waals surface area (Å²) in [6.07, 6.45) is -23.9. The summed E-state index contributed by atoms with van der Waals surface area (Å²) in [5.74, 6) is -3.56. The predicted octanol–water partition coefficient (Wildman–Crippen LogP) is -3.92. The van der Waals surface area contributed by atoms with Crippen LogP contribution in [0.5, 0.6) is 0 Å². The molecule has 42 nitrogen and oxygen atoms in total. The lowest BCUT2D eigenvalue weighted by Gasteiger charge is -2.46. The molecule has 648 valence electrons. The minimum absolute atomic E-state index is 0.00503. The van der Waals surface area contributed by atoms with Crippen LogP contribution in [0, 0.1) is 5.41 Å². The second-order valence-electron chi connectivity index (χ2n) is 27.8. The van der Waals surface area contributed by atoms with Crippen molar-refractivity contribution >= 4 is 55.9 Å². The van der Waals surface area contributed by atoms with Gasteiger partial charge in [0.1, 0.15) is 84.7 Å². The first kappa shape index (κ1) is 99.4. The highest BCUT2D eigenvalue weighted by atomic mass is 32.2. The van der Waals surface area contributed by atoms with Gasteiger partial charge < -0.3 is 137 Å². The van der Waals surface area contributed by atoms with Gasteiger partial charge in [-0.1, -0.05) is 46.0 Å². The number of carbonyl (C=O) groups excluding carboxylic acids is 4. The number of rotatable bonds is 62. The van der Waals surface area contributed by atoms with Crippen LogP contribution in [0.15, 0.2) is 0 Å². The van der Waals surface area contributed by atoms with E-state index in [1.54, 1.807) is 9.44 Å². The lowest BCUT2D eigenvalue weighted by atomic mass is 9.96. The summed E-state index contributed by atoms with van der Waals surface area (Å²) < 4.78 is 156. The van der Waals surface area contributed by atoms with E-state index in [0.29, 0.717) is 143 Å². The number of hydrogen-bond donors (Lipinski definition) is 16. The van der Waals surface area contributed by atoms with Gasteiger partial charge in [0.25, 0.3) is 0 Å². The molecule has 0 aromatic rings. The van der Waals surface area contributed by atoms with Crippen LogP contribution >= 0.6 is 0 Å². The van der Waals surface area contributed by atoms with Crippen molar-refractivity contribution < 1.29 is 182 Å². The molecule has 4 aliphatic heterocycles. The molecule has 20 unspecified atom stereocenters. The van der Waals surface area contributed by atoms with E-state index in [1.807, 2.05) is 13.8 Å². The van der Waals surface area contributed by atoms with E-state index in [4.69, 9.17) is 75.8 Å². The van der Waals surface area contributed by atoms with Gasteiger partial charge in [-0.25, -0.2) is 9.59 Å². The number of Topliss-reactive ketones (excluding diaryl/α,β-unsaturated/α-hetero) is 2. The Morgan fingerprint density at radius 3 is 1.14 bits per heavy atom. The fourth-order valence-corrected chi connectivity index (χ4v) is 12.8. The molecule has 20 atom stereocenters. The van der Waals surface area contributed by atoms with Crippen molar-refractivity contribution in [1.82, 2.24) is 20.1 Å².